The lowest BCUT2D eigenvalue weighted by atomic mass is 9.91. The minimum absolute atomic E-state index is 0.200. The van der Waals surface area contributed by atoms with Crippen LogP contribution in [0.3, 0.4) is 0 Å². The van der Waals surface area contributed by atoms with Crippen LogP contribution < -0.4 is 14.9 Å². The zero-order valence-corrected chi connectivity index (χ0v) is 15.8. The van der Waals surface area contributed by atoms with Crippen LogP contribution in [0.15, 0.2) is 84.0 Å². The topological polar surface area (TPSA) is 59.9 Å². The van der Waals surface area contributed by atoms with Crippen molar-refractivity contribution >= 4 is 12.1 Å². The Labute approximate surface area is 164 Å². The van der Waals surface area contributed by atoms with Gasteiger partial charge in [-0.15, -0.1) is 0 Å². The molecule has 0 heterocycles. The molecule has 3 rings (SSSR count). The molecule has 0 aliphatic rings. The lowest BCUT2D eigenvalue weighted by Gasteiger charge is -2.16. The fraction of sp³-hybridized carbons (Fsp3) is 0.130. The first-order valence-corrected chi connectivity index (χ1v) is 8.87. The van der Waals surface area contributed by atoms with Gasteiger partial charge in [0.25, 0.3) is 5.91 Å². The molecule has 0 bridgehead atoms. The third-order valence-corrected chi connectivity index (χ3v) is 4.32. The highest BCUT2D eigenvalue weighted by Crippen LogP contribution is 2.27. The molecule has 5 nitrogen and oxygen atoms in total. The Bertz CT molecular complexity index is 901. The van der Waals surface area contributed by atoms with Gasteiger partial charge in [-0.1, -0.05) is 60.7 Å². The van der Waals surface area contributed by atoms with Crippen molar-refractivity contribution in [2.45, 2.75) is 5.92 Å². The molecule has 0 atom stereocenters. The molecule has 0 aromatic heterocycles. The van der Waals surface area contributed by atoms with Gasteiger partial charge in [0.05, 0.1) is 26.4 Å². The van der Waals surface area contributed by atoms with Gasteiger partial charge in [-0.25, -0.2) is 5.43 Å². The van der Waals surface area contributed by atoms with Gasteiger partial charge in [0.2, 0.25) is 0 Å². The zero-order chi connectivity index (χ0) is 19.8. The van der Waals surface area contributed by atoms with Crippen LogP contribution in [0.2, 0.25) is 0 Å². The number of rotatable bonds is 7. The molecule has 1 N–H and O–H groups in total. The molecule has 0 saturated heterocycles. The molecule has 1 amide bonds. The number of ether oxygens (including phenoxy) is 2. The number of hydrazone groups is 1. The molecule has 0 fully saturated rings. The number of amides is 1. The number of hydrogen-bond donors (Lipinski definition) is 1. The van der Waals surface area contributed by atoms with E-state index in [9.17, 15) is 4.79 Å². The summed E-state index contributed by atoms with van der Waals surface area (Å²) in [5.74, 6) is 0.597. The van der Waals surface area contributed by atoms with Gasteiger partial charge >= 0.3 is 0 Å². The third-order valence-electron chi connectivity index (χ3n) is 4.32. The quantitative estimate of drug-likeness (QED) is 0.503. The molecule has 0 aliphatic heterocycles. The highest BCUT2D eigenvalue weighted by Gasteiger charge is 2.22. The molecular weight excluding hydrogens is 352 g/mol. The van der Waals surface area contributed by atoms with E-state index in [0.29, 0.717) is 11.5 Å². The third kappa shape index (κ3) is 4.57. The number of carbonyl (C=O) groups excluding carboxylic acids is 1. The molecule has 5 heteroatoms. The highest BCUT2D eigenvalue weighted by atomic mass is 16.5. The number of methoxy groups -OCH3 is 2. The van der Waals surface area contributed by atoms with Crippen LogP contribution in [0, 0.1) is 0 Å². The van der Waals surface area contributed by atoms with Gasteiger partial charge in [-0.05, 0) is 34.9 Å². The maximum atomic E-state index is 12.9. The second kappa shape index (κ2) is 9.37. The van der Waals surface area contributed by atoms with Crippen molar-refractivity contribution in [2.75, 3.05) is 14.2 Å². The van der Waals surface area contributed by atoms with E-state index in [1.807, 2.05) is 66.7 Å². The normalized spacial score (nSPS) is 10.8. The van der Waals surface area contributed by atoms with Crippen molar-refractivity contribution in [3.8, 4) is 11.5 Å². The molecule has 3 aromatic rings. The predicted octanol–water partition coefficient (Wildman–Crippen LogP) is 3.99. The Hall–Kier alpha value is -3.60. The van der Waals surface area contributed by atoms with Crippen LogP contribution in [0.4, 0.5) is 0 Å². The fourth-order valence-corrected chi connectivity index (χ4v) is 2.95. The monoisotopic (exact) mass is 374 g/mol. The van der Waals surface area contributed by atoms with Gasteiger partial charge in [-0.3, -0.25) is 4.79 Å². The van der Waals surface area contributed by atoms with Crippen molar-refractivity contribution in [1.82, 2.24) is 5.43 Å². The van der Waals surface area contributed by atoms with E-state index in [2.05, 4.69) is 10.5 Å². The first-order valence-electron chi connectivity index (χ1n) is 8.87. The predicted molar refractivity (Wildman–Crippen MR) is 110 cm³/mol. The second-order valence-corrected chi connectivity index (χ2v) is 6.10. The largest absolute Gasteiger partial charge is 0.493 e. The summed E-state index contributed by atoms with van der Waals surface area (Å²) in [4.78, 5) is 12.9. The van der Waals surface area contributed by atoms with E-state index >= 15 is 0 Å². The van der Waals surface area contributed by atoms with Crippen LogP contribution in [0.5, 0.6) is 11.5 Å². The minimum Gasteiger partial charge on any atom is -0.493 e. The molecule has 3 aromatic carbocycles. The summed E-state index contributed by atoms with van der Waals surface area (Å²) in [5, 5.41) is 4.12. The molecular formula is C23H22N2O3. The summed E-state index contributed by atoms with van der Waals surface area (Å²) >= 11 is 0. The van der Waals surface area contributed by atoms with Gasteiger partial charge in [0, 0.05) is 0 Å². The maximum Gasteiger partial charge on any atom is 0.252 e. The van der Waals surface area contributed by atoms with E-state index in [4.69, 9.17) is 9.47 Å². The van der Waals surface area contributed by atoms with E-state index in [1.54, 1.807) is 32.6 Å². The van der Waals surface area contributed by atoms with E-state index < -0.39 is 5.92 Å². The average Bonchev–Trinajstić information content (AvgIpc) is 2.75. The second-order valence-electron chi connectivity index (χ2n) is 6.10. The fourth-order valence-electron chi connectivity index (χ4n) is 2.95. The number of hydrogen-bond acceptors (Lipinski definition) is 4. The first kappa shape index (κ1) is 19.2. The molecule has 142 valence electrons. The Morgan fingerprint density at radius 2 is 1.43 bits per heavy atom. The Balaban J connectivity index is 1.78. The molecule has 0 aliphatic carbocycles. The lowest BCUT2D eigenvalue weighted by molar-refractivity contribution is -0.121. The summed E-state index contributed by atoms with van der Waals surface area (Å²) in [6.07, 6.45) is 1.58. The summed E-state index contributed by atoms with van der Waals surface area (Å²) in [6.45, 7) is 0. The maximum absolute atomic E-state index is 12.9. The van der Waals surface area contributed by atoms with Crippen LogP contribution >= 0.6 is 0 Å². The SMILES string of the molecule is COc1ccc(/C=N\NC(=O)C(c2ccccc2)c2ccccc2)cc1OC. The number of carbonyl (C=O) groups is 1. The van der Waals surface area contributed by atoms with Crippen molar-refractivity contribution in [1.29, 1.82) is 0 Å². The summed E-state index contributed by atoms with van der Waals surface area (Å²) in [7, 11) is 3.16. The number of nitrogens with zero attached hydrogens (tertiary/aromatic N) is 1. The van der Waals surface area contributed by atoms with E-state index in [-0.39, 0.29) is 5.91 Å². The van der Waals surface area contributed by atoms with Gasteiger partial charge in [0.1, 0.15) is 0 Å². The van der Waals surface area contributed by atoms with Crippen LogP contribution in [-0.2, 0) is 4.79 Å². The lowest BCUT2D eigenvalue weighted by Crippen LogP contribution is -2.26. The Morgan fingerprint density at radius 3 is 1.96 bits per heavy atom. The molecule has 0 radical (unpaired) electrons. The Kier molecular flexibility index (Phi) is 6.41. The Morgan fingerprint density at radius 1 is 0.857 bits per heavy atom. The van der Waals surface area contributed by atoms with Gasteiger partial charge in [-0.2, -0.15) is 5.10 Å². The summed E-state index contributed by atoms with van der Waals surface area (Å²) < 4.78 is 10.5. The minimum atomic E-state index is -0.440. The highest BCUT2D eigenvalue weighted by molar-refractivity contribution is 5.88. The van der Waals surface area contributed by atoms with E-state index in [1.165, 1.54) is 0 Å². The molecule has 0 spiro atoms. The van der Waals surface area contributed by atoms with Crippen molar-refractivity contribution in [2.24, 2.45) is 5.10 Å². The first-order chi connectivity index (χ1) is 13.7. The van der Waals surface area contributed by atoms with E-state index in [0.717, 1.165) is 16.7 Å². The number of benzene rings is 3. The molecule has 28 heavy (non-hydrogen) atoms. The zero-order valence-electron chi connectivity index (χ0n) is 15.8. The molecule has 0 unspecified atom stereocenters. The summed E-state index contributed by atoms with van der Waals surface area (Å²) in [6, 6.07) is 24.7. The van der Waals surface area contributed by atoms with Crippen molar-refractivity contribution in [3.05, 3.63) is 95.6 Å². The van der Waals surface area contributed by atoms with Crippen molar-refractivity contribution < 1.29 is 14.3 Å². The van der Waals surface area contributed by atoms with Crippen LogP contribution in [-0.4, -0.2) is 26.3 Å². The van der Waals surface area contributed by atoms with Crippen molar-refractivity contribution in [3.63, 3.8) is 0 Å². The van der Waals surface area contributed by atoms with Crippen LogP contribution in [0.1, 0.15) is 22.6 Å². The molecule has 0 saturated carbocycles. The summed E-state index contributed by atoms with van der Waals surface area (Å²) in [5.41, 5.74) is 5.26. The average molecular weight is 374 g/mol. The standard InChI is InChI=1S/C23H22N2O3/c1-27-20-14-13-17(15-21(20)28-2)16-24-25-23(26)22(18-9-5-3-6-10-18)19-11-7-4-8-12-19/h3-16,22H,1-2H3,(H,25,26)/b24-16-. The number of nitrogens with one attached hydrogen (secondary N) is 1. The van der Waals surface area contributed by atoms with Gasteiger partial charge < -0.3 is 9.47 Å². The van der Waals surface area contributed by atoms with Crippen LogP contribution in [0.25, 0.3) is 0 Å². The van der Waals surface area contributed by atoms with Gasteiger partial charge in [0.15, 0.2) is 11.5 Å². The smallest absolute Gasteiger partial charge is 0.252 e.